The minimum atomic E-state index is -0.306. The van der Waals surface area contributed by atoms with Crippen LogP contribution in [0.1, 0.15) is 21.5 Å². The van der Waals surface area contributed by atoms with E-state index in [0.717, 1.165) is 65.6 Å². The number of nitrogens with two attached hydrogens (primary N) is 1. The Labute approximate surface area is 250 Å². The molecule has 5 rings (SSSR count). The number of rotatable bonds is 12. The van der Waals surface area contributed by atoms with E-state index in [1.165, 1.54) is 17.5 Å². The molecule has 0 spiro atoms. The number of carbonyl (C=O) groups is 1. The van der Waals surface area contributed by atoms with Crippen molar-refractivity contribution in [3.05, 3.63) is 76.8 Å². The Morgan fingerprint density at radius 1 is 1.17 bits per heavy atom. The molecular weight excluding hydrogens is 573 g/mol. The topological polar surface area (TPSA) is 132 Å². The van der Waals surface area contributed by atoms with Crippen LogP contribution < -0.4 is 20.5 Å². The van der Waals surface area contributed by atoms with Crippen molar-refractivity contribution < 1.29 is 24.1 Å². The van der Waals surface area contributed by atoms with Gasteiger partial charge in [-0.1, -0.05) is 27.4 Å². The number of aromatic nitrogens is 1. The first kappa shape index (κ1) is 29.9. The van der Waals surface area contributed by atoms with Crippen LogP contribution >= 0.6 is 20.6 Å². The lowest BCUT2D eigenvalue weighted by molar-refractivity contribution is 0.0322. The smallest absolute Gasteiger partial charge is 0.254 e. The first-order chi connectivity index (χ1) is 20.5. The van der Waals surface area contributed by atoms with Gasteiger partial charge in [-0.2, -0.15) is 0 Å². The third-order valence-corrected chi connectivity index (χ3v) is 8.24. The van der Waals surface area contributed by atoms with Gasteiger partial charge in [0.1, 0.15) is 30.5 Å². The maximum absolute atomic E-state index is 12.5. The Hall–Kier alpha value is -3.60. The van der Waals surface area contributed by atoms with Gasteiger partial charge in [-0.3, -0.25) is 9.69 Å². The number of aliphatic imine (C=N–C) groups is 1. The molecule has 0 aliphatic carbocycles. The summed E-state index contributed by atoms with van der Waals surface area (Å²) < 4.78 is 18.2. The first-order valence-corrected chi connectivity index (χ1v) is 15.1. The van der Waals surface area contributed by atoms with Gasteiger partial charge < -0.3 is 30.4 Å². The molecule has 0 radical (unpaired) electrons. The zero-order valence-corrected chi connectivity index (χ0v) is 25.1. The molecule has 4 aromatic rings. The average molecular weight is 608 g/mol. The number of aliphatic hydroxyl groups is 1. The summed E-state index contributed by atoms with van der Waals surface area (Å²) in [4.78, 5) is 23.9. The maximum Gasteiger partial charge on any atom is 0.254 e. The highest BCUT2D eigenvalue weighted by Gasteiger charge is 2.17. The lowest BCUT2D eigenvalue weighted by Crippen LogP contribution is -2.38. The summed E-state index contributed by atoms with van der Waals surface area (Å²) in [5, 5.41) is 14.3. The minimum Gasteiger partial charge on any atom is -0.492 e. The van der Waals surface area contributed by atoms with E-state index in [1.807, 2.05) is 53.9 Å². The van der Waals surface area contributed by atoms with Crippen LogP contribution in [0.3, 0.4) is 0 Å². The SMILES string of the molecule is Nc1ncc(C(=O)NCCO)c2scc(COc3cccc(N=C(P)c4cccc(OCCN5CCOCC5)c4)c3)c12. The zero-order valence-electron chi connectivity index (χ0n) is 23.1. The average Bonchev–Trinajstić information content (AvgIpc) is 3.45. The molecule has 1 fully saturated rings. The molecule has 0 bridgehead atoms. The third kappa shape index (κ3) is 7.61. The second-order valence-electron chi connectivity index (χ2n) is 9.62. The Morgan fingerprint density at radius 2 is 1.95 bits per heavy atom. The number of fused-ring (bicyclic) bond motifs is 1. The second kappa shape index (κ2) is 14.5. The van der Waals surface area contributed by atoms with E-state index in [9.17, 15) is 4.79 Å². The molecule has 0 saturated carbocycles. The van der Waals surface area contributed by atoms with E-state index in [4.69, 9.17) is 30.0 Å². The van der Waals surface area contributed by atoms with E-state index in [1.54, 1.807) is 0 Å². The number of carbonyl (C=O) groups excluding carboxylic acids is 1. The monoisotopic (exact) mass is 607 g/mol. The predicted octanol–water partition coefficient (Wildman–Crippen LogP) is 3.84. The Kier molecular flexibility index (Phi) is 10.3. The molecule has 10 nitrogen and oxygen atoms in total. The van der Waals surface area contributed by atoms with Crippen molar-refractivity contribution in [2.45, 2.75) is 6.61 Å². The van der Waals surface area contributed by atoms with Crippen molar-refractivity contribution in [3.63, 3.8) is 0 Å². The highest BCUT2D eigenvalue weighted by molar-refractivity contribution is 7.42. The fraction of sp³-hybridized carbons (Fsp3) is 0.300. The number of aliphatic hydroxyl groups excluding tert-OH is 1. The zero-order chi connectivity index (χ0) is 29.3. The van der Waals surface area contributed by atoms with Crippen LogP contribution in [0.4, 0.5) is 11.5 Å². The highest BCUT2D eigenvalue weighted by atomic mass is 32.1. The molecular formula is C30H34N5O5PS. The number of anilines is 1. The molecule has 4 N–H and O–H groups in total. The van der Waals surface area contributed by atoms with Crippen LogP contribution in [0.25, 0.3) is 10.1 Å². The summed E-state index contributed by atoms with van der Waals surface area (Å²) in [5.41, 5.74) is 9.90. The third-order valence-electron chi connectivity index (χ3n) is 6.71. The van der Waals surface area contributed by atoms with E-state index in [-0.39, 0.29) is 25.7 Å². The van der Waals surface area contributed by atoms with Crippen molar-refractivity contribution >= 4 is 53.5 Å². The summed E-state index contributed by atoms with van der Waals surface area (Å²) in [6.07, 6.45) is 1.46. The van der Waals surface area contributed by atoms with Gasteiger partial charge in [0.15, 0.2) is 0 Å². The molecule has 1 amide bonds. The maximum atomic E-state index is 12.5. The molecule has 3 heterocycles. The van der Waals surface area contributed by atoms with Crippen molar-refractivity contribution in [2.75, 3.05) is 58.3 Å². The molecule has 42 heavy (non-hydrogen) atoms. The molecule has 2 aromatic heterocycles. The van der Waals surface area contributed by atoms with E-state index >= 15 is 0 Å². The van der Waals surface area contributed by atoms with Crippen molar-refractivity contribution in [1.82, 2.24) is 15.2 Å². The van der Waals surface area contributed by atoms with Gasteiger partial charge in [-0.05, 0) is 29.6 Å². The van der Waals surface area contributed by atoms with Crippen LogP contribution in [0.2, 0.25) is 0 Å². The van der Waals surface area contributed by atoms with Crippen molar-refractivity contribution in [1.29, 1.82) is 0 Å². The fourth-order valence-electron chi connectivity index (χ4n) is 4.53. The lowest BCUT2D eigenvalue weighted by Gasteiger charge is -2.26. The van der Waals surface area contributed by atoms with Gasteiger partial charge in [0.2, 0.25) is 0 Å². The Balaban J connectivity index is 1.23. The standard InChI is InChI=1S/C30H34N5O5PS/c31-28-26-21(19-42-27(26)25(17-33-28)29(37)32-7-11-36)18-40-24-6-2-4-22(16-24)34-30(41)20-3-1-5-23(15-20)39-14-10-35-8-12-38-13-9-35/h1-6,15-17,19,36H,7-14,18,41H2,(H2,31,33)(H,32,37). The summed E-state index contributed by atoms with van der Waals surface area (Å²) in [6.45, 7) is 5.19. The number of ether oxygens (including phenoxy) is 3. The number of morpholine rings is 1. The largest absolute Gasteiger partial charge is 0.492 e. The van der Waals surface area contributed by atoms with Crippen molar-refractivity contribution in [3.8, 4) is 11.5 Å². The van der Waals surface area contributed by atoms with Gasteiger partial charge in [0.05, 0.1) is 41.2 Å². The summed E-state index contributed by atoms with van der Waals surface area (Å²) >= 11 is 1.41. The highest BCUT2D eigenvalue weighted by Crippen LogP contribution is 2.33. The number of amides is 1. The van der Waals surface area contributed by atoms with E-state index < -0.39 is 0 Å². The normalized spacial score (nSPS) is 14.2. The number of nitrogens with one attached hydrogen (secondary N) is 1. The quantitative estimate of drug-likeness (QED) is 0.164. The van der Waals surface area contributed by atoms with Gasteiger partial charge in [0, 0.05) is 55.0 Å². The number of hydrogen-bond acceptors (Lipinski definition) is 10. The van der Waals surface area contributed by atoms with Gasteiger partial charge >= 0.3 is 0 Å². The predicted molar refractivity (Wildman–Crippen MR) is 169 cm³/mol. The molecule has 1 saturated heterocycles. The van der Waals surface area contributed by atoms with E-state index in [0.29, 0.717) is 29.1 Å². The molecule has 1 unspecified atom stereocenters. The number of benzene rings is 2. The summed E-state index contributed by atoms with van der Waals surface area (Å²) in [7, 11) is 2.70. The fourth-order valence-corrected chi connectivity index (χ4v) is 5.93. The minimum absolute atomic E-state index is 0.140. The summed E-state index contributed by atoms with van der Waals surface area (Å²) in [5.74, 6) is 1.48. The number of hydrogen-bond donors (Lipinski definition) is 3. The molecule has 1 aliphatic heterocycles. The number of nitrogens with zero attached hydrogens (tertiary/aromatic N) is 3. The van der Waals surface area contributed by atoms with Crippen molar-refractivity contribution in [2.24, 2.45) is 4.99 Å². The van der Waals surface area contributed by atoms with E-state index in [2.05, 4.69) is 24.4 Å². The van der Waals surface area contributed by atoms with Crippen LogP contribution in [0.5, 0.6) is 11.5 Å². The molecule has 12 heteroatoms. The van der Waals surface area contributed by atoms with Crippen LogP contribution in [0, 0.1) is 0 Å². The number of thiophene rings is 1. The van der Waals surface area contributed by atoms with Crippen LogP contribution in [-0.4, -0.2) is 79.0 Å². The number of nitrogen functional groups attached to an aromatic ring is 1. The second-order valence-corrected chi connectivity index (χ2v) is 11.0. The summed E-state index contributed by atoms with van der Waals surface area (Å²) in [6, 6.07) is 15.5. The molecule has 1 atom stereocenters. The number of pyridine rings is 1. The Morgan fingerprint density at radius 3 is 2.76 bits per heavy atom. The van der Waals surface area contributed by atoms with Gasteiger partial charge in [-0.15, -0.1) is 11.3 Å². The van der Waals surface area contributed by atoms with Gasteiger partial charge in [0.25, 0.3) is 5.91 Å². The van der Waals surface area contributed by atoms with Crippen LogP contribution in [0.15, 0.2) is 65.1 Å². The molecule has 2 aromatic carbocycles. The molecule has 1 aliphatic rings. The molecule has 220 valence electrons. The van der Waals surface area contributed by atoms with Crippen LogP contribution in [-0.2, 0) is 11.3 Å². The first-order valence-electron chi connectivity index (χ1n) is 13.7. The Bertz CT molecular complexity index is 1560. The van der Waals surface area contributed by atoms with Gasteiger partial charge in [-0.25, -0.2) is 9.98 Å². The lowest BCUT2D eigenvalue weighted by atomic mass is 10.1.